The van der Waals surface area contributed by atoms with Gasteiger partial charge in [0.1, 0.15) is 5.75 Å². The third-order valence-corrected chi connectivity index (χ3v) is 5.76. The van der Waals surface area contributed by atoms with E-state index in [0.29, 0.717) is 68.0 Å². The normalized spacial score (nSPS) is 13.4. The standard InChI is InChI=1S/C25H29N5O5/c1-17-4-9-21(33-3)20(16-17)26-25(32)29(2)11-10-22-27-23(35-28-22)18-5-7-19(8-6-18)24(31)30-12-14-34-15-13-30/h4-9,16H,10-15H2,1-3H3,(H,26,32). The second-order valence-electron chi connectivity index (χ2n) is 8.30. The summed E-state index contributed by atoms with van der Waals surface area (Å²) in [5.41, 5.74) is 2.96. The summed E-state index contributed by atoms with van der Waals surface area (Å²) in [6, 6.07) is 12.4. The first-order valence-electron chi connectivity index (χ1n) is 11.4. The van der Waals surface area contributed by atoms with Crippen LogP contribution in [0.3, 0.4) is 0 Å². The number of urea groups is 1. The molecule has 10 nitrogen and oxygen atoms in total. The average molecular weight is 480 g/mol. The number of anilines is 1. The van der Waals surface area contributed by atoms with E-state index in [0.717, 1.165) is 11.1 Å². The molecule has 1 aliphatic rings. The molecule has 35 heavy (non-hydrogen) atoms. The van der Waals surface area contributed by atoms with Crippen LogP contribution in [0.15, 0.2) is 47.0 Å². The van der Waals surface area contributed by atoms with Gasteiger partial charge in [0.2, 0.25) is 0 Å². The van der Waals surface area contributed by atoms with Crippen LogP contribution in [-0.2, 0) is 11.2 Å². The van der Waals surface area contributed by atoms with Crippen LogP contribution in [0.1, 0.15) is 21.7 Å². The van der Waals surface area contributed by atoms with Crippen LogP contribution in [0.5, 0.6) is 5.75 Å². The fourth-order valence-corrected chi connectivity index (χ4v) is 3.68. The number of amides is 3. The second kappa shape index (κ2) is 11.0. The largest absolute Gasteiger partial charge is 0.495 e. The minimum absolute atomic E-state index is 0.0179. The van der Waals surface area contributed by atoms with E-state index in [4.69, 9.17) is 14.0 Å². The van der Waals surface area contributed by atoms with Crippen molar-refractivity contribution in [3.8, 4) is 17.2 Å². The van der Waals surface area contributed by atoms with E-state index >= 15 is 0 Å². The molecule has 1 fully saturated rings. The number of aryl methyl sites for hydroxylation is 1. The Labute approximate surface area is 203 Å². The predicted octanol–water partition coefficient (Wildman–Crippen LogP) is 3.23. The molecule has 0 aliphatic carbocycles. The number of aromatic nitrogens is 2. The zero-order chi connectivity index (χ0) is 24.8. The van der Waals surface area contributed by atoms with Crippen LogP contribution >= 0.6 is 0 Å². The van der Waals surface area contributed by atoms with Crippen LogP contribution in [0.25, 0.3) is 11.5 Å². The van der Waals surface area contributed by atoms with Crippen molar-refractivity contribution >= 4 is 17.6 Å². The molecule has 184 valence electrons. The van der Waals surface area contributed by atoms with Gasteiger partial charge in [0.15, 0.2) is 5.82 Å². The summed E-state index contributed by atoms with van der Waals surface area (Å²) >= 11 is 0. The lowest BCUT2D eigenvalue weighted by molar-refractivity contribution is 0.0303. The van der Waals surface area contributed by atoms with E-state index < -0.39 is 0 Å². The van der Waals surface area contributed by atoms with E-state index in [1.54, 1.807) is 48.2 Å². The molecule has 2 heterocycles. The summed E-state index contributed by atoms with van der Waals surface area (Å²) in [6.07, 6.45) is 0.423. The lowest BCUT2D eigenvalue weighted by Crippen LogP contribution is -2.40. The zero-order valence-electron chi connectivity index (χ0n) is 20.1. The monoisotopic (exact) mass is 479 g/mol. The van der Waals surface area contributed by atoms with Crippen molar-refractivity contribution < 1.29 is 23.6 Å². The topological polar surface area (TPSA) is 110 Å². The number of ether oxygens (including phenoxy) is 2. The maximum Gasteiger partial charge on any atom is 0.321 e. The number of hydrogen-bond acceptors (Lipinski definition) is 7. The number of likely N-dealkylation sites (N-methyl/N-ethyl adjacent to an activating group) is 1. The first-order valence-corrected chi connectivity index (χ1v) is 11.4. The number of nitrogens with zero attached hydrogens (tertiary/aromatic N) is 4. The van der Waals surface area contributed by atoms with Gasteiger partial charge in [0, 0.05) is 44.2 Å². The zero-order valence-corrected chi connectivity index (χ0v) is 20.1. The molecule has 0 unspecified atom stereocenters. The molecular weight excluding hydrogens is 450 g/mol. The minimum Gasteiger partial charge on any atom is -0.495 e. The fraction of sp³-hybridized carbons (Fsp3) is 0.360. The predicted molar refractivity (Wildman–Crippen MR) is 130 cm³/mol. The van der Waals surface area contributed by atoms with Crippen LogP contribution < -0.4 is 10.1 Å². The van der Waals surface area contributed by atoms with Gasteiger partial charge < -0.3 is 29.1 Å². The minimum atomic E-state index is -0.266. The Bertz CT molecular complexity index is 1170. The summed E-state index contributed by atoms with van der Waals surface area (Å²) in [4.78, 5) is 33.0. The van der Waals surface area contributed by atoms with Gasteiger partial charge in [-0.15, -0.1) is 0 Å². The van der Waals surface area contributed by atoms with Crippen LogP contribution in [-0.4, -0.2) is 78.9 Å². The molecule has 0 bridgehead atoms. The highest BCUT2D eigenvalue weighted by Gasteiger charge is 2.19. The Morgan fingerprint density at radius 2 is 1.89 bits per heavy atom. The van der Waals surface area contributed by atoms with Crippen molar-refractivity contribution in [3.05, 3.63) is 59.4 Å². The van der Waals surface area contributed by atoms with Gasteiger partial charge >= 0.3 is 6.03 Å². The maximum atomic E-state index is 12.6. The van der Waals surface area contributed by atoms with Crippen LogP contribution in [0, 0.1) is 6.92 Å². The summed E-state index contributed by atoms with van der Waals surface area (Å²) in [5, 5.41) is 6.89. The van der Waals surface area contributed by atoms with Gasteiger partial charge in [-0.05, 0) is 48.9 Å². The molecule has 10 heteroatoms. The molecule has 0 atom stereocenters. The third kappa shape index (κ3) is 5.96. The fourth-order valence-electron chi connectivity index (χ4n) is 3.68. The molecule has 0 radical (unpaired) electrons. The van der Waals surface area contributed by atoms with Crippen molar-refractivity contribution in [2.45, 2.75) is 13.3 Å². The molecule has 3 aromatic rings. The molecule has 4 rings (SSSR count). The molecule has 0 spiro atoms. The van der Waals surface area contributed by atoms with Gasteiger partial charge in [-0.25, -0.2) is 4.79 Å². The molecule has 1 N–H and O–H groups in total. The summed E-state index contributed by atoms with van der Waals surface area (Å²) in [5.74, 6) is 1.43. The summed E-state index contributed by atoms with van der Waals surface area (Å²) in [6.45, 7) is 4.66. The van der Waals surface area contributed by atoms with Crippen molar-refractivity contribution in [2.75, 3.05) is 52.3 Å². The number of rotatable bonds is 7. The second-order valence-corrected chi connectivity index (χ2v) is 8.30. The highest BCUT2D eigenvalue weighted by atomic mass is 16.5. The number of carbonyl (C=O) groups excluding carboxylic acids is 2. The summed E-state index contributed by atoms with van der Waals surface area (Å²) < 4.78 is 16.0. The number of nitrogens with one attached hydrogen (secondary N) is 1. The lowest BCUT2D eigenvalue weighted by Gasteiger charge is -2.26. The molecule has 0 saturated carbocycles. The Morgan fingerprint density at radius 1 is 1.14 bits per heavy atom. The number of methoxy groups -OCH3 is 1. The van der Waals surface area contributed by atoms with E-state index in [9.17, 15) is 9.59 Å². The SMILES string of the molecule is COc1ccc(C)cc1NC(=O)N(C)CCc1noc(-c2ccc(C(=O)N3CCOCC3)cc2)n1. The smallest absolute Gasteiger partial charge is 0.321 e. The van der Waals surface area contributed by atoms with E-state index in [1.807, 2.05) is 25.1 Å². The van der Waals surface area contributed by atoms with Crippen molar-refractivity contribution in [2.24, 2.45) is 0 Å². The van der Waals surface area contributed by atoms with Gasteiger partial charge in [-0.2, -0.15) is 4.98 Å². The first-order chi connectivity index (χ1) is 16.9. The number of carbonyl (C=O) groups is 2. The van der Waals surface area contributed by atoms with E-state index in [-0.39, 0.29) is 11.9 Å². The molecular formula is C25H29N5O5. The lowest BCUT2D eigenvalue weighted by atomic mass is 10.1. The van der Waals surface area contributed by atoms with Gasteiger partial charge in [0.05, 0.1) is 26.0 Å². The van der Waals surface area contributed by atoms with Crippen LogP contribution in [0.4, 0.5) is 10.5 Å². The molecule has 1 aromatic heterocycles. The first kappa shape index (κ1) is 24.2. The molecule has 1 saturated heterocycles. The molecule has 1 aliphatic heterocycles. The number of morpholine rings is 1. The van der Waals surface area contributed by atoms with Gasteiger partial charge in [-0.3, -0.25) is 4.79 Å². The molecule has 3 amide bonds. The van der Waals surface area contributed by atoms with Crippen molar-refractivity contribution in [1.82, 2.24) is 19.9 Å². The van der Waals surface area contributed by atoms with Gasteiger partial charge in [-0.1, -0.05) is 11.2 Å². The highest BCUT2D eigenvalue weighted by molar-refractivity contribution is 5.94. The number of benzene rings is 2. The van der Waals surface area contributed by atoms with Crippen molar-refractivity contribution in [3.63, 3.8) is 0 Å². The van der Waals surface area contributed by atoms with E-state index in [2.05, 4.69) is 15.5 Å². The van der Waals surface area contributed by atoms with Crippen molar-refractivity contribution in [1.29, 1.82) is 0 Å². The average Bonchev–Trinajstić information content (AvgIpc) is 3.36. The Kier molecular flexibility index (Phi) is 7.61. The summed E-state index contributed by atoms with van der Waals surface area (Å²) in [7, 11) is 3.26. The highest BCUT2D eigenvalue weighted by Crippen LogP contribution is 2.25. The maximum absolute atomic E-state index is 12.6. The van der Waals surface area contributed by atoms with E-state index in [1.165, 1.54) is 0 Å². The number of hydrogen-bond donors (Lipinski definition) is 1. The Hall–Kier alpha value is -3.92. The molecule has 2 aromatic carbocycles. The third-order valence-electron chi connectivity index (χ3n) is 5.76. The Morgan fingerprint density at radius 3 is 2.60 bits per heavy atom. The Balaban J connectivity index is 1.32. The quantitative estimate of drug-likeness (QED) is 0.554. The van der Waals surface area contributed by atoms with Crippen LogP contribution in [0.2, 0.25) is 0 Å². The van der Waals surface area contributed by atoms with Gasteiger partial charge in [0.25, 0.3) is 11.8 Å².